The van der Waals surface area contributed by atoms with Crippen molar-refractivity contribution in [2.75, 3.05) is 51.2 Å². The van der Waals surface area contributed by atoms with Crippen LogP contribution in [0, 0.1) is 22.7 Å². The Hall–Kier alpha value is -2.88. The summed E-state index contributed by atoms with van der Waals surface area (Å²) >= 11 is 0. The molecule has 3 rings (SSSR count). The number of rotatable bonds is 6. The smallest absolute Gasteiger partial charge is 0.186 e. The van der Waals surface area contributed by atoms with E-state index in [2.05, 4.69) is 25.7 Å². The summed E-state index contributed by atoms with van der Waals surface area (Å²) in [6.45, 7) is 8.27. The highest BCUT2D eigenvalue weighted by molar-refractivity contribution is 6.69. The van der Waals surface area contributed by atoms with E-state index in [-0.39, 0.29) is 0 Å². The van der Waals surface area contributed by atoms with E-state index in [4.69, 9.17) is 19.7 Å². The average molecular weight is 497 g/mol. The summed E-state index contributed by atoms with van der Waals surface area (Å²) < 4.78 is 10.8. The molecule has 0 aromatic heterocycles. The van der Waals surface area contributed by atoms with Crippen LogP contribution in [0.15, 0.2) is 48.5 Å². The van der Waals surface area contributed by atoms with Gasteiger partial charge in [0.1, 0.15) is 0 Å². The SMILES string of the molecule is C1CCOC1.CN(C)c1ccc(C(C#N)O[Si](C)(C)C)cc1.CN(C)c1ccc(C(O)C#N)cc1. The molecule has 2 aromatic rings. The summed E-state index contributed by atoms with van der Waals surface area (Å²) in [7, 11) is 6.18. The third-order valence-electron chi connectivity index (χ3n) is 4.98. The first-order chi connectivity index (χ1) is 16.5. The van der Waals surface area contributed by atoms with Gasteiger partial charge in [0.2, 0.25) is 0 Å². The van der Waals surface area contributed by atoms with E-state index in [1.807, 2.05) is 74.4 Å². The molecule has 0 bridgehead atoms. The zero-order chi connectivity index (χ0) is 26.4. The van der Waals surface area contributed by atoms with Crippen molar-refractivity contribution in [3.63, 3.8) is 0 Å². The summed E-state index contributed by atoms with van der Waals surface area (Å²) in [5, 5.41) is 26.8. The van der Waals surface area contributed by atoms with Gasteiger partial charge in [-0.1, -0.05) is 24.3 Å². The minimum Gasteiger partial charge on any atom is -0.399 e. The summed E-state index contributed by atoms with van der Waals surface area (Å²) in [5.41, 5.74) is 3.74. The Bertz CT molecular complexity index is 931. The van der Waals surface area contributed by atoms with Gasteiger partial charge in [0.05, 0.1) is 12.1 Å². The monoisotopic (exact) mass is 496 g/mol. The van der Waals surface area contributed by atoms with Gasteiger partial charge in [0.25, 0.3) is 0 Å². The van der Waals surface area contributed by atoms with Gasteiger partial charge >= 0.3 is 0 Å². The van der Waals surface area contributed by atoms with Crippen LogP contribution in [0.4, 0.5) is 11.4 Å². The molecule has 0 amide bonds. The number of hydrogen-bond acceptors (Lipinski definition) is 7. The molecule has 0 aliphatic carbocycles. The second kappa shape index (κ2) is 15.2. The average Bonchev–Trinajstić information content (AvgIpc) is 3.42. The Labute approximate surface area is 212 Å². The molecule has 1 heterocycles. The van der Waals surface area contributed by atoms with Crippen LogP contribution in [0.3, 0.4) is 0 Å². The second-order valence-corrected chi connectivity index (χ2v) is 14.0. The van der Waals surface area contributed by atoms with Crippen molar-refractivity contribution >= 4 is 19.7 Å². The molecule has 1 saturated heterocycles. The molecule has 1 aliphatic rings. The van der Waals surface area contributed by atoms with Crippen molar-refractivity contribution in [3.8, 4) is 12.1 Å². The van der Waals surface area contributed by atoms with Gasteiger partial charge in [-0.25, -0.2) is 0 Å². The lowest BCUT2D eigenvalue weighted by atomic mass is 10.1. The summed E-state index contributed by atoms with van der Waals surface area (Å²) in [6.07, 6.45) is 1.09. The fourth-order valence-electron chi connectivity index (χ4n) is 3.01. The van der Waals surface area contributed by atoms with Crippen molar-refractivity contribution in [1.29, 1.82) is 10.5 Å². The molecule has 0 saturated carbocycles. The maximum absolute atomic E-state index is 9.18. The van der Waals surface area contributed by atoms with Crippen molar-refractivity contribution in [2.24, 2.45) is 0 Å². The third-order valence-corrected chi connectivity index (χ3v) is 5.92. The number of aliphatic hydroxyl groups excluding tert-OH is 1. The molecular formula is C27H40N4O3Si. The van der Waals surface area contributed by atoms with E-state index in [9.17, 15) is 5.11 Å². The molecule has 8 heteroatoms. The van der Waals surface area contributed by atoms with Crippen molar-refractivity contribution in [3.05, 3.63) is 59.7 Å². The molecule has 190 valence electrons. The normalized spacial score (nSPS) is 14.1. The van der Waals surface area contributed by atoms with Crippen LogP contribution >= 0.6 is 0 Å². The van der Waals surface area contributed by atoms with Crippen LogP contribution in [0.1, 0.15) is 36.2 Å². The van der Waals surface area contributed by atoms with Crippen LogP contribution < -0.4 is 9.80 Å². The Kier molecular flexibility index (Phi) is 13.1. The van der Waals surface area contributed by atoms with Gasteiger partial charge in [-0.2, -0.15) is 10.5 Å². The van der Waals surface area contributed by atoms with E-state index in [1.165, 1.54) is 12.8 Å². The number of nitriles is 2. The molecule has 2 unspecified atom stereocenters. The first-order valence-electron chi connectivity index (χ1n) is 11.8. The number of aliphatic hydroxyl groups is 1. The zero-order valence-electron chi connectivity index (χ0n) is 22.2. The lowest BCUT2D eigenvalue weighted by Gasteiger charge is -2.22. The minimum atomic E-state index is -1.69. The molecule has 2 atom stereocenters. The molecule has 35 heavy (non-hydrogen) atoms. The topological polar surface area (TPSA) is 92.8 Å². The van der Waals surface area contributed by atoms with Crippen LogP contribution in [-0.4, -0.2) is 54.8 Å². The molecule has 1 N–H and O–H groups in total. The molecular weight excluding hydrogens is 456 g/mol. The zero-order valence-corrected chi connectivity index (χ0v) is 23.2. The fourth-order valence-corrected chi connectivity index (χ4v) is 3.91. The van der Waals surface area contributed by atoms with E-state index >= 15 is 0 Å². The predicted octanol–water partition coefficient (Wildman–Crippen LogP) is 5.28. The van der Waals surface area contributed by atoms with Crippen LogP contribution in [0.25, 0.3) is 0 Å². The number of nitrogens with zero attached hydrogens (tertiary/aromatic N) is 4. The van der Waals surface area contributed by atoms with Gasteiger partial charge < -0.3 is 24.1 Å². The Balaban J connectivity index is 0.000000298. The number of hydrogen-bond donors (Lipinski definition) is 1. The highest BCUT2D eigenvalue weighted by Gasteiger charge is 2.22. The predicted molar refractivity (Wildman–Crippen MR) is 145 cm³/mol. The molecule has 1 aliphatic heterocycles. The van der Waals surface area contributed by atoms with E-state index in [0.717, 1.165) is 30.2 Å². The summed E-state index contributed by atoms with van der Waals surface area (Å²) in [6, 6.07) is 19.2. The molecule has 0 radical (unpaired) electrons. The van der Waals surface area contributed by atoms with E-state index < -0.39 is 20.5 Å². The number of benzene rings is 2. The lowest BCUT2D eigenvalue weighted by Crippen LogP contribution is -2.27. The Morgan fingerprint density at radius 2 is 1.23 bits per heavy atom. The van der Waals surface area contributed by atoms with Gasteiger partial charge in [0, 0.05) is 52.8 Å². The Morgan fingerprint density at radius 1 is 0.800 bits per heavy atom. The number of ether oxygens (including phenoxy) is 1. The van der Waals surface area contributed by atoms with Crippen molar-refractivity contribution in [2.45, 2.75) is 44.7 Å². The largest absolute Gasteiger partial charge is 0.399 e. The molecule has 0 spiro atoms. The van der Waals surface area contributed by atoms with Gasteiger partial charge in [0.15, 0.2) is 20.5 Å². The van der Waals surface area contributed by atoms with E-state index in [0.29, 0.717) is 5.56 Å². The molecule has 7 nitrogen and oxygen atoms in total. The maximum atomic E-state index is 9.18. The lowest BCUT2D eigenvalue weighted by molar-refractivity contribution is 0.198. The first kappa shape index (κ1) is 30.1. The second-order valence-electron chi connectivity index (χ2n) is 9.56. The van der Waals surface area contributed by atoms with Gasteiger partial charge in [-0.05, 0) is 67.9 Å². The highest BCUT2D eigenvalue weighted by atomic mass is 28.4. The van der Waals surface area contributed by atoms with Crippen LogP contribution in [0.2, 0.25) is 19.6 Å². The minimum absolute atomic E-state index is 0.446. The van der Waals surface area contributed by atoms with Gasteiger partial charge in [-0.3, -0.25) is 0 Å². The first-order valence-corrected chi connectivity index (χ1v) is 15.2. The summed E-state index contributed by atoms with van der Waals surface area (Å²) in [5.74, 6) is 0. The van der Waals surface area contributed by atoms with Crippen molar-refractivity contribution < 1.29 is 14.3 Å². The fraction of sp³-hybridized carbons (Fsp3) is 0.481. The highest BCUT2D eigenvalue weighted by Crippen LogP contribution is 2.23. The van der Waals surface area contributed by atoms with Crippen LogP contribution in [-0.2, 0) is 9.16 Å². The summed E-state index contributed by atoms with van der Waals surface area (Å²) in [4.78, 5) is 3.99. The third kappa shape index (κ3) is 11.9. The van der Waals surface area contributed by atoms with Crippen LogP contribution in [0.5, 0.6) is 0 Å². The van der Waals surface area contributed by atoms with Crippen molar-refractivity contribution in [1.82, 2.24) is 0 Å². The maximum Gasteiger partial charge on any atom is 0.186 e. The van der Waals surface area contributed by atoms with E-state index in [1.54, 1.807) is 18.2 Å². The Morgan fingerprint density at radius 3 is 1.51 bits per heavy atom. The molecule has 2 aromatic carbocycles. The molecule has 1 fully saturated rings. The standard InChI is InChI=1S/C13H20N2OSi.C10H12N2O.C4H8O/c1-15(2)12-8-6-11(7-9-12)13(10-14)16-17(3,4)5;1-12(2)9-5-3-8(4-6-9)10(13)7-11;1-2-4-5-3-1/h6-9,13H,1-5H3;3-6,10,13H,1-2H3;1-4H2. The van der Waals surface area contributed by atoms with Gasteiger partial charge in [-0.15, -0.1) is 0 Å². The quantitative estimate of drug-likeness (QED) is 0.430. The number of anilines is 2.